The van der Waals surface area contributed by atoms with Crippen LogP contribution in [0.25, 0.3) is 0 Å². The van der Waals surface area contributed by atoms with Gasteiger partial charge in [-0.3, -0.25) is 14.5 Å². The molecule has 0 unspecified atom stereocenters. The Kier molecular flexibility index (Phi) is 6.61. The number of furan rings is 1. The van der Waals surface area contributed by atoms with Gasteiger partial charge in [-0.15, -0.1) is 0 Å². The number of amides is 1. The summed E-state index contributed by atoms with van der Waals surface area (Å²) in [5, 5.41) is 0. The van der Waals surface area contributed by atoms with E-state index in [4.69, 9.17) is 4.42 Å². The maximum absolute atomic E-state index is 13.1. The van der Waals surface area contributed by atoms with E-state index in [0.717, 1.165) is 35.7 Å². The number of rotatable bonds is 7. The number of benzene rings is 1. The van der Waals surface area contributed by atoms with Crippen LogP contribution in [0.4, 0.5) is 0 Å². The van der Waals surface area contributed by atoms with Gasteiger partial charge in [0.05, 0.1) is 6.54 Å². The van der Waals surface area contributed by atoms with Crippen LogP contribution in [0.1, 0.15) is 43.6 Å². The average Bonchev–Trinajstić information content (AvgIpc) is 3.36. The molecule has 6 nitrogen and oxygen atoms in total. The van der Waals surface area contributed by atoms with E-state index in [0.29, 0.717) is 38.5 Å². The molecule has 3 aromatic rings. The van der Waals surface area contributed by atoms with Crippen molar-refractivity contribution < 1.29 is 14.0 Å². The first-order chi connectivity index (χ1) is 15.4. The number of hydrogen-bond acceptors (Lipinski definition) is 4. The van der Waals surface area contributed by atoms with E-state index in [1.54, 1.807) is 17.0 Å². The molecule has 0 spiro atoms. The van der Waals surface area contributed by atoms with Crippen LogP contribution in [-0.4, -0.2) is 58.8 Å². The monoisotopic (exact) mass is 433 g/mol. The van der Waals surface area contributed by atoms with E-state index in [2.05, 4.69) is 40.7 Å². The van der Waals surface area contributed by atoms with Crippen molar-refractivity contribution in [2.75, 3.05) is 32.7 Å². The van der Waals surface area contributed by atoms with Crippen LogP contribution in [0.2, 0.25) is 0 Å². The molecule has 2 aromatic heterocycles. The predicted octanol–water partition coefficient (Wildman–Crippen LogP) is 3.89. The lowest BCUT2D eigenvalue weighted by atomic mass is 10.1. The molecule has 0 saturated carbocycles. The highest BCUT2D eigenvalue weighted by Gasteiger charge is 2.26. The molecule has 3 heterocycles. The first kappa shape index (κ1) is 22.1. The third kappa shape index (κ3) is 4.86. The number of carbonyl (C=O) groups excluding carboxylic acids is 2. The molecule has 168 valence electrons. The van der Waals surface area contributed by atoms with Crippen LogP contribution >= 0.6 is 0 Å². The van der Waals surface area contributed by atoms with Gasteiger partial charge < -0.3 is 13.9 Å². The Hall–Kier alpha value is -3.12. The number of ketones is 1. The van der Waals surface area contributed by atoms with Gasteiger partial charge in [0.1, 0.15) is 5.76 Å². The van der Waals surface area contributed by atoms with Crippen LogP contribution in [0, 0.1) is 20.8 Å². The molecule has 0 bridgehead atoms. The fraction of sp³-hybridized carbons (Fsp3) is 0.385. The van der Waals surface area contributed by atoms with Gasteiger partial charge >= 0.3 is 0 Å². The van der Waals surface area contributed by atoms with Gasteiger partial charge in [0.15, 0.2) is 11.5 Å². The molecule has 1 aromatic carbocycles. The summed E-state index contributed by atoms with van der Waals surface area (Å²) in [7, 11) is 0. The molecule has 1 aliphatic heterocycles. The number of carbonyl (C=O) groups is 2. The van der Waals surface area contributed by atoms with Crippen LogP contribution in [0.3, 0.4) is 0 Å². The van der Waals surface area contributed by atoms with Crippen molar-refractivity contribution in [1.82, 2.24) is 14.4 Å². The van der Waals surface area contributed by atoms with Crippen LogP contribution in [0.15, 0.2) is 52.9 Å². The number of aromatic nitrogens is 1. The highest BCUT2D eigenvalue weighted by molar-refractivity contribution is 5.99. The van der Waals surface area contributed by atoms with E-state index in [1.807, 2.05) is 26.0 Å². The van der Waals surface area contributed by atoms with Crippen molar-refractivity contribution in [2.24, 2.45) is 0 Å². The van der Waals surface area contributed by atoms with E-state index in [1.165, 1.54) is 5.56 Å². The van der Waals surface area contributed by atoms with Gasteiger partial charge in [0, 0.05) is 49.7 Å². The van der Waals surface area contributed by atoms with Gasteiger partial charge in [-0.25, -0.2) is 0 Å². The lowest BCUT2D eigenvalue weighted by Gasteiger charge is -2.33. The minimum Gasteiger partial charge on any atom is -0.456 e. The highest BCUT2D eigenvalue weighted by Crippen LogP contribution is 2.18. The molecule has 0 radical (unpaired) electrons. The van der Waals surface area contributed by atoms with Crippen molar-refractivity contribution in [2.45, 2.75) is 33.7 Å². The van der Waals surface area contributed by atoms with Crippen LogP contribution in [-0.2, 0) is 13.0 Å². The molecule has 1 aliphatic rings. The summed E-state index contributed by atoms with van der Waals surface area (Å²) in [6.45, 7) is 9.74. The Bertz CT molecular complexity index is 1090. The minimum absolute atomic E-state index is 0.0777. The summed E-state index contributed by atoms with van der Waals surface area (Å²) in [5.41, 5.74) is 4.25. The lowest BCUT2D eigenvalue weighted by Crippen LogP contribution is -2.49. The maximum Gasteiger partial charge on any atom is 0.289 e. The molecule has 32 heavy (non-hydrogen) atoms. The van der Waals surface area contributed by atoms with Gasteiger partial charge in [0.25, 0.3) is 5.91 Å². The number of Topliss-reactive ketones (excluding diaryl/α,β-unsaturated/α-hetero) is 1. The van der Waals surface area contributed by atoms with E-state index in [-0.39, 0.29) is 11.7 Å². The predicted molar refractivity (Wildman–Crippen MR) is 124 cm³/mol. The van der Waals surface area contributed by atoms with Gasteiger partial charge in [0.2, 0.25) is 0 Å². The molecule has 0 N–H and O–H groups in total. The van der Waals surface area contributed by atoms with E-state index >= 15 is 0 Å². The van der Waals surface area contributed by atoms with Gasteiger partial charge in [-0.2, -0.15) is 0 Å². The van der Waals surface area contributed by atoms with Crippen molar-refractivity contribution >= 4 is 11.7 Å². The smallest absolute Gasteiger partial charge is 0.289 e. The zero-order chi connectivity index (χ0) is 22.7. The summed E-state index contributed by atoms with van der Waals surface area (Å²) in [6, 6.07) is 16.0. The number of nitrogens with zero attached hydrogens (tertiary/aromatic N) is 3. The third-order valence-electron chi connectivity index (χ3n) is 6.32. The Morgan fingerprint density at radius 2 is 1.66 bits per heavy atom. The Labute approximate surface area is 189 Å². The van der Waals surface area contributed by atoms with Crippen molar-refractivity contribution in [3.8, 4) is 0 Å². The van der Waals surface area contributed by atoms with Gasteiger partial charge in [-0.05, 0) is 51.0 Å². The normalized spacial score (nSPS) is 14.7. The SMILES string of the molecule is Cc1ccc(C(=O)N2CCN(CC(=O)c3cc(C)n(CCc4ccccc4)c3C)CC2)o1. The molecule has 6 heteroatoms. The molecule has 1 amide bonds. The summed E-state index contributed by atoms with van der Waals surface area (Å²) in [6.07, 6.45) is 0.940. The standard InChI is InChI=1S/C26H31N3O3/c1-19-17-23(21(3)29(19)12-11-22-7-5-4-6-8-22)24(30)18-27-13-15-28(16-14-27)26(31)25-10-9-20(2)32-25/h4-10,17H,11-16,18H2,1-3H3. The van der Waals surface area contributed by atoms with Crippen molar-refractivity contribution in [1.29, 1.82) is 0 Å². The van der Waals surface area contributed by atoms with E-state index in [9.17, 15) is 9.59 Å². The molecule has 0 atom stereocenters. The Morgan fingerprint density at radius 1 is 0.938 bits per heavy atom. The zero-order valence-corrected chi connectivity index (χ0v) is 19.1. The molecule has 4 rings (SSSR count). The Balaban J connectivity index is 1.33. The largest absolute Gasteiger partial charge is 0.456 e. The molecule has 0 aliphatic carbocycles. The average molecular weight is 434 g/mol. The zero-order valence-electron chi connectivity index (χ0n) is 19.1. The summed E-state index contributed by atoms with van der Waals surface area (Å²) in [4.78, 5) is 29.6. The number of hydrogen-bond donors (Lipinski definition) is 0. The second kappa shape index (κ2) is 9.57. The maximum atomic E-state index is 13.1. The lowest BCUT2D eigenvalue weighted by molar-refractivity contribution is 0.0595. The fourth-order valence-corrected chi connectivity index (χ4v) is 4.42. The minimum atomic E-state index is -0.0777. The van der Waals surface area contributed by atoms with E-state index < -0.39 is 0 Å². The first-order valence-corrected chi connectivity index (χ1v) is 11.2. The third-order valence-corrected chi connectivity index (χ3v) is 6.32. The van der Waals surface area contributed by atoms with Gasteiger partial charge in [-0.1, -0.05) is 30.3 Å². The molecular formula is C26H31N3O3. The fourth-order valence-electron chi connectivity index (χ4n) is 4.42. The van der Waals surface area contributed by atoms with Crippen molar-refractivity contribution in [3.05, 3.63) is 82.6 Å². The summed E-state index contributed by atoms with van der Waals surface area (Å²) < 4.78 is 7.70. The first-order valence-electron chi connectivity index (χ1n) is 11.2. The summed E-state index contributed by atoms with van der Waals surface area (Å²) in [5.74, 6) is 1.19. The molecule has 1 fully saturated rings. The quantitative estimate of drug-likeness (QED) is 0.531. The second-order valence-electron chi connectivity index (χ2n) is 8.57. The Morgan fingerprint density at radius 3 is 2.31 bits per heavy atom. The van der Waals surface area contributed by atoms with Crippen molar-refractivity contribution in [3.63, 3.8) is 0 Å². The van der Waals surface area contributed by atoms with Crippen LogP contribution < -0.4 is 0 Å². The van der Waals surface area contributed by atoms with Crippen LogP contribution in [0.5, 0.6) is 0 Å². The molecular weight excluding hydrogens is 402 g/mol. The number of aryl methyl sites for hydroxylation is 3. The summed E-state index contributed by atoms with van der Waals surface area (Å²) >= 11 is 0. The molecule has 1 saturated heterocycles. The number of piperazine rings is 1. The topological polar surface area (TPSA) is 58.7 Å². The second-order valence-corrected chi connectivity index (χ2v) is 8.57. The highest BCUT2D eigenvalue weighted by atomic mass is 16.3.